The monoisotopic (exact) mass is 442 g/mol. The molecule has 1 aliphatic heterocycles. The molecule has 1 unspecified atom stereocenters. The lowest BCUT2D eigenvalue weighted by molar-refractivity contribution is -0.140. The van der Waals surface area contributed by atoms with Gasteiger partial charge < -0.3 is 20.1 Å². The van der Waals surface area contributed by atoms with E-state index in [9.17, 15) is 9.59 Å². The summed E-state index contributed by atoms with van der Waals surface area (Å²) in [5, 5.41) is 5.50. The van der Waals surface area contributed by atoms with Crippen LogP contribution in [-0.2, 0) is 16.1 Å². The van der Waals surface area contributed by atoms with E-state index in [1.165, 1.54) is 0 Å². The van der Waals surface area contributed by atoms with Gasteiger partial charge in [-0.3, -0.25) is 0 Å². The standard InChI is InChI=1S/C27H26N2O4/c1-17-9-10-18(2)23(15-17)33-22-13-11-21(12-14-22)25-24(19(3)28-27(31)29-25)26(30)32-16-20-7-5-4-6-8-20/h4-15,25H,16H2,1-3H3,(H2,28,29,31). The molecule has 0 aliphatic carbocycles. The van der Waals surface area contributed by atoms with E-state index in [0.717, 1.165) is 28.0 Å². The summed E-state index contributed by atoms with van der Waals surface area (Å²) in [6.07, 6.45) is 0. The van der Waals surface area contributed by atoms with Gasteiger partial charge in [0, 0.05) is 5.70 Å². The molecule has 0 fully saturated rings. The molecule has 3 aromatic rings. The van der Waals surface area contributed by atoms with Gasteiger partial charge in [-0.25, -0.2) is 9.59 Å². The zero-order valence-electron chi connectivity index (χ0n) is 18.8. The topological polar surface area (TPSA) is 76.7 Å². The highest BCUT2D eigenvalue weighted by molar-refractivity contribution is 5.95. The second-order valence-electron chi connectivity index (χ2n) is 8.07. The van der Waals surface area contributed by atoms with E-state index >= 15 is 0 Å². The molecular weight excluding hydrogens is 416 g/mol. The molecule has 0 radical (unpaired) electrons. The van der Waals surface area contributed by atoms with Crippen LogP contribution in [0.2, 0.25) is 0 Å². The van der Waals surface area contributed by atoms with Crippen molar-refractivity contribution in [2.45, 2.75) is 33.4 Å². The van der Waals surface area contributed by atoms with E-state index in [2.05, 4.69) is 10.6 Å². The number of ether oxygens (including phenoxy) is 2. The van der Waals surface area contributed by atoms with Crippen LogP contribution < -0.4 is 15.4 Å². The molecule has 0 saturated carbocycles. The fraction of sp³-hybridized carbons (Fsp3) is 0.185. The van der Waals surface area contributed by atoms with Gasteiger partial charge in [0.2, 0.25) is 0 Å². The lowest BCUT2D eigenvalue weighted by Crippen LogP contribution is -2.45. The number of carbonyl (C=O) groups excluding carboxylic acids is 2. The second kappa shape index (κ2) is 9.61. The maximum Gasteiger partial charge on any atom is 0.338 e. The third-order valence-corrected chi connectivity index (χ3v) is 5.49. The Morgan fingerprint density at radius 3 is 2.39 bits per heavy atom. The third-order valence-electron chi connectivity index (χ3n) is 5.49. The van der Waals surface area contributed by atoms with E-state index in [4.69, 9.17) is 9.47 Å². The Labute approximate surface area is 193 Å². The molecule has 0 saturated heterocycles. The number of benzene rings is 3. The smallest absolute Gasteiger partial charge is 0.338 e. The van der Waals surface area contributed by atoms with Crippen LogP contribution in [0.15, 0.2) is 84.1 Å². The number of amides is 2. The van der Waals surface area contributed by atoms with Crippen molar-refractivity contribution in [2.24, 2.45) is 0 Å². The summed E-state index contributed by atoms with van der Waals surface area (Å²) < 4.78 is 11.6. The third kappa shape index (κ3) is 5.23. The minimum atomic E-state index is -0.628. The fourth-order valence-corrected chi connectivity index (χ4v) is 3.69. The number of rotatable bonds is 6. The van der Waals surface area contributed by atoms with E-state index in [1.807, 2.05) is 86.6 Å². The highest BCUT2D eigenvalue weighted by Gasteiger charge is 2.32. The molecule has 6 heteroatoms. The number of hydrogen-bond donors (Lipinski definition) is 2. The number of carbonyl (C=O) groups is 2. The van der Waals surface area contributed by atoms with E-state index in [1.54, 1.807) is 6.92 Å². The molecule has 0 bridgehead atoms. The van der Waals surface area contributed by atoms with Crippen LogP contribution in [0.1, 0.15) is 35.2 Å². The lowest BCUT2D eigenvalue weighted by atomic mass is 9.95. The highest BCUT2D eigenvalue weighted by Crippen LogP contribution is 2.31. The van der Waals surface area contributed by atoms with Crippen LogP contribution in [0.4, 0.5) is 4.79 Å². The zero-order chi connectivity index (χ0) is 23.4. The number of urea groups is 1. The normalized spacial score (nSPS) is 15.5. The highest BCUT2D eigenvalue weighted by atomic mass is 16.5. The molecule has 1 atom stereocenters. The first-order valence-electron chi connectivity index (χ1n) is 10.7. The first-order chi connectivity index (χ1) is 15.9. The molecule has 2 N–H and O–H groups in total. The summed E-state index contributed by atoms with van der Waals surface area (Å²) in [7, 11) is 0. The van der Waals surface area contributed by atoms with E-state index < -0.39 is 12.0 Å². The average Bonchev–Trinajstić information content (AvgIpc) is 2.80. The Morgan fingerprint density at radius 1 is 0.939 bits per heavy atom. The van der Waals surface area contributed by atoms with Crippen molar-refractivity contribution in [3.8, 4) is 11.5 Å². The number of aryl methyl sites for hydroxylation is 2. The van der Waals surface area contributed by atoms with Crippen LogP contribution in [0, 0.1) is 13.8 Å². The number of allylic oxidation sites excluding steroid dienone is 1. The molecular formula is C27H26N2O4. The molecule has 6 nitrogen and oxygen atoms in total. The van der Waals surface area contributed by atoms with Crippen molar-refractivity contribution in [2.75, 3.05) is 0 Å². The van der Waals surface area contributed by atoms with Crippen LogP contribution in [0.3, 0.4) is 0 Å². The Hall–Kier alpha value is -4.06. The van der Waals surface area contributed by atoms with Crippen molar-refractivity contribution in [1.82, 2.24) is 10.6 Å². The van der Waals surface area contributed by atoms with Crippen molar-refractivity contribution in [1.29, 1.82) is 0 Å². The molecule has 4 rings (SSSR count). The van der Waals surface area contributed by atoms with E-state index in [0.29, 0.717) is 17.0 Å². The van der Waals surface area contributed by atoms with Crippen LogP contribution >= 0.6 is 0 Å². The molecule has 1 heterocycles. The maximum absolute atomic E-state index is 13.0. The largest absolute Gasteiger partial charge is 0.457 e. The molecule has 0 spiro atoms. The summed E-state index contributed by atoms with van der Waals surface area (Å²) >= 11 is 0. The van der Waals surface area contributed by atoms with Gasteiger partial charge in [-0.15, -0.1) is 0 Å². The summed E-state index contributed by atoms with van der Waals surface area (Å²) in [6, 6.07) is 21.9. The Kier molecular flexibility index (Phi) is 6.45. The van der Waals surface area contributed by atoms with Crippen molar-refractivity contribution >= 4 is 12.0 Å². The van der Waals surface area contributed by atoms with Crippen LogP contribution in [0.25, 0.3) is 0 Å². The number of esters is 1. The van der Waals surface area contributed by atoms with Crippen LogP contribution in [0.5, 0.6) is 11.5 Å². The number of hydrogen-bond acceptors (Lipinski definition) is 4. The van der Waals surface area contributed by atoms with Gasteiger partial charge in [-0.05, 0) is 61.2 Å². The van der Waals surface area contributed by atoms with Gasteiger partial charge in [-0.2, -0.15) is 0 Å². The van der Waals surface area contributed by atoms with Gasteiger partial charge in [0.25, 0.3) is 0 Å². The predicted octanol–water partition coefficient (Wildman–Crippen LogP) is 5.47. The van der Waals surface area contributed by atoms with Crippen LogP contribution in [-0.4, -0.2) is 12.0 Å². The van der Waals surface area contributed by atoms with Gasteiger partial charge in [-0.1, -0.05) is 54.6 Å². The molecule has 0 aromatic heterocycles. The minimum absolute atomic E-state index is 0.153. The Morgan fingerprint density at radius 2 is 1.67 bits per heavy atom. The van der Waals surface area contributed by atoms with Gasteiger partial charge >= 0.3 is 12.0 Å². The minimum Gasteiger partial charge on any atom is -0.457 e. The summed E-state index contributed by atoms with van der Waals surface area (Å²) in [5.41, 5.74) is 4.64. The average molecular weight is 443 g/mol. The fourth-order valence-electron chi connectivity index (χ4n) is 3.69. The van der Waals surface area contributed by atoms with Crippen molar-refractivity contribution in [3.05, 3.63) is 106 Å². The first-order valence-corrected chi connectivity index (χ1v) is 10.7. The second-order valence-corrected chi connectivity index (χ2v) is 8.07. The molecule has 3 aromatic carbocycles. The molecule has 2 amide bonds. The Bertz CT molecular complexity index is 1200. The zero-order valence-corrected chi connectivity index (χ0v) is 18.8. The SMILES string of the molecule is CC1=C(C(=O)OCc2ccccc2)C(c2ccc(Oc3cc(C)ccc3C)cc2)NC(=O)N1. The van der Waals surface area contributed by atoms with Gasteiger partial charge in [0.15, 0.2) is 0 Å². The van der Waals surface area contributed by atoms with E-state index in [-0.39, 0.29) is 12.6 Å². The number of nitrogens with one attached hydrogen (secondary N) is 2. The Balaban J connectivity index is 1.54. The summed E-state index contributed by atoms with van der Waals surface area (Å²) in [5.74, 6) is 0.977. The van der Waals surface area contributed by atoms with Gasteiger partial charge in [0.05, 0.1) is 11.6 Å². The lowest BCUT2D eigenvalue weighted by Gasteiger charge is -2.28. The predicted molar refractivity (Wildman–Crippen MR) is 126 cm³/mol. The molecule has 33 heavy (non-hydrogen) atoms. The first kappa shape index (κ1) is 22.1. The summed E-state index contributed by atoms with van der Waals surface area (Å²) in [4.78, 5) is 25.1. The molecule has 1 aliphatic rings. The van der Waals surface area contributed by atoms with Gasteiger partial charge in [0.1, 0.15) is 18.1 Å². The summed E-state index contributed by atoms with van der Waals surface area (Å²) in [6.45, 7) is 5.86. The van der Waals surface area contributed by atoms with Crippen molar-refractivity contribution < 1.29 is 19.1 Å². The molecule has 168 valence electrons. The quantitative estimate of drug-likeness (QED) is 0.497. The maximum atomic E-state index is 13.0. The van der Waals surface area contributed by atoms with Crippen molar-refractivity contribution in [3.63, 3.8) is 0 Å².